The minimum atomic E-state index is 0.720. The first-order chi connectivity index (χ1) is 9.15. The first kappa shape index (κ1) is 14.5. The van der Waals surface area contributed by atoms with E-state index < -0.39 is 0 Å². The molecule has 0 spiro atoms. The van der Waals surface area contributed by atoms with Gasteiger partial charge in [-0.2, -0.15) is 0 Å². The molecule has 4 heteroatoms. The van der Waals surface area contributed by atoms with Gasteiger partial charge in [0.05, 0.1) is 15.7 Å². The van der Waals surface area contributed by atoms with Crippen molar-refractivity contribution in [3.63, 3.8) is 0 Å². The summed E-state index contributed by atoms with van der Waals surface area (Å²) in [5.41, 5.74) is 1.09. The summed E-state index contributed by atoms with van der Waals surface area (Å²) in [5.74, 6) is 2.49. The summed E-state index contributed by atoms with van der Waals surface area (Å²) < 4.78 is 11.8. The van der Waals surface area contributed by atoms with E-state index in [1.165, 1.54) is 0 Å². The summed E-state index contributed by atoms with van der Waals surface area (Å²) in [7, 11) is 1.66. The summed E-state index contributed by atoms with van der Waals surface area (Å²) in [5, 5.41) is 0.720. The monoisotopic (exact) mass is 388 g/mol. The van der Waals surface area contributed by atoms with Crippen LogP contribution < -0.4 is 4.74 Å². The van der Waals surface area contributed by atoms with Crippen molar-refractivity contribution in [2.75, 3.05) is 7.11 Å². The normalized spacial score (nSPS) is 11.2. The molecular weight excluding hydrogens is 375 g/mol. The predicted molar refractivity (Wildman–Crippen MR) is 87.7 cm³/mol. The van der Waals surface area contributed by atoms with Crippen LogP contribution >= 0.6 is 34.2 Å². The zero-order chi connectivity index (χ0) is 13.8. The van der Waals surface area contributed by atoms with Gasteiger partial charge in [-0.05, 0) is 46.4 Å². The Kier molecular flexibility index (Phi) is 4.93. The Balaban J connectivity index is 2.22. The fraction of sp³-hybridized carbons (Fsp3) is 0.200. The zero-order valence-electron chi connectivity index (χ0n) is 10.7. The predicted octanol–water partition coefficient (Wildman–Crippen LogP) is 5.28. The van der Waals surface area contributed by atoms with Gasteiger partial charge in [0, 0.05) is 6.42 Å². The Morgan fingerprint density at radius 2 is 1.95 bits per heavy atom. The van der Waals surface area contributed by atoms with Gasteiger partial charge in [-0.1, -0.05) is 36.7 Å². The summed E-state index contributed by atoms with van der Waals surface area (Å²) in [4.78, 5) is 0. The molecule has 0 bridgehead atoms. The fourth-order valence-electron chi connectivity index (χ4n) is 1.67. The van der Waals surface area contributed by atoms with Crippen molar-refractivity contribution >= 4 is 46.3 Å². The molecule has 0 unspecified atom stereocenters. The van der Waals surface area contributed by atoms with Crippen LogP contribution in [0.15, 0.2) is 28.7 Å². The lowest BCUT2D eigenvalue weighted by Crippen LogP contribution is -1.81. The lowest BCUT2D eigenvalue weighted by atomic mass is 10.2. The lowest BCUT2D eigenvalue weighted by Gasteiger charge is -1.98. The maximum absolute atomic E-state index is 6.18. The number of halogens is 2. The highest BCUT2D eigenvalue weighted by atomic mass is 127. The van der Waals surface area contributed by atoms with Gasteiger partial charge in [-0.15, -0.1) is 0 Å². The van der Waals surface area contributed by atoms with Crippen LogP contribution in [0.1, 0.15) is 24.0 Å². The van der Waals surface area contributed by atoms with E-state index in [1.807, 2.05) is 43.3 Å². The van der Waals surface area contributed by atoms with Crippen molar-refractivity contribution in [2.24, 2.45) is 0 Å². The SMILES string of the molecule is CCc1oc(/C=C/c2ccc(OC)cc2)c(I)c1Cl. The van der Waals surface area contributed by atoms with Crippen molar-refractivity contribution in [1.82, 2.24) is 0 Å². The van der Waals surface area contributed by atoms with Crippen molar-refractivity contribution in [2.45, 2.75) is 13.3 Å². The molecule has 0 saturated heterocycles. The number of ether oxygens (including phenoxy) is 1. The summed E-state index contributed by atoms with van der Waals surface area (Å²) in [6, 6.07) is 7.84. The van der Waals surface area contributed by atoms with Gasteiger partial charge >= 0.3 is 0 Å². The number of benzene rings is 1. The molecular formula is C15H14ClIO2. The standard InChI is InChI=1S/C15H14ClIO2/c1-3-12-14(16)15(17)13(19-12)9-6-10-4-7-11(18-2)8-5-10/h4-9H,3H2,1-2H3/b9-6+. The molecule has 2 aromatic rings. The zero-order valence-corrected chi connectivity index (χ0v) is 13.7. The second kappa shape index (κ2) is 6.48. The number of furan rings is 1. The van der Waals surface area contributed by atoms with Crippen molar-refractivity contribution < 1.29 is 9.15 Å². The first-order valence-electron chi connectivity index (χ1n) is 5.94. The molecule has 1 aromatic carbocycles. The number of aryl methyl sites for hydroxylation is 1. The van der Waals surface area contributed by atoms with Crippen molar-refractivity contribution in [3.8, 4) is 5.75 Å². The Bertz CT molecular complexity index is 585. The van der Waals surface area contributed by atoms with E-state index in [4.69, 9.17) is 20.8 Å². The second-order valence-electron chi connectivity index (χ2n) is 3.98. The molecule has 0 amide bonds. The van der Waals surface area contributed by atoms with Crippen molar-refractivity contribution in [3.05, 3.63) is 49.9 Å². The van der Waals surface area contributed by atoms with Crippen LogP contribution in [0.25, 0.3) is 12.2 Å². The molecule has 0 fully saturated rings. The minimum absolute atomic E-state index is 0.720. The topological polar surface area (TPSA) is 22.4 Å². The van der Waals surface area contributed by atoms with E-state index in [2.05, 4.69) is 22.6 Å². The van der Waals surface area contributed by atoms with Crippen LogP contribution in [0.4, 0.5) is 0 Å². The Morgan fingerprint density at radius 1 is 1.26 bits per heavy atom. The third-order valence-electron chi connectivity index (χ3n) is 2.75. The fourth-order valence-corrected chi connectivity index (χ4v) is 2.53. The molecule has 0 aliphatic carbocycles. The minimum Gasteiger partial charge on any atom is -0.497 e. The van der Waals surface area contributed by atoms with E-state index >= 15 is 0 Å². The molecule has 0 radical (unpaired) electrons. The van der Waals surface area contributed by atoms with Gasteiger partial charge < -0.3 is 9.15 Å². The molecule has 19 heavy (non-hydrogen) atoms. The average Bonchev–Trinajstić information content (AvgIpc) is 2.73. The molecule has 2 nitrogen and oxygen atoms in total. The summed E-state index contributed by atoms with van der Waals surface area (Å²) in [6.07, 6.45) is 4.73. The third kappa shape index (κ3) is 3.34. The largest absolute Gasteiger partial charge is 0.497 e. The van der Waals surface area contributed by atoms with Crippen molar-refractivity contribution in [1.29, 1.82) is 0 Å². The molecule has 1 aromatic heterocycles. The van der Waals surface area contributed by atoms with Gasteiger partial charge in [0.1, 0.15) is 17.3 Å². The number of rotatable bonds is 4. The van der Waals surface area contributed by atoms with E-state index in [1.54, 1.807) is 7.11 Å². The van der Waals surface area contributed by atoms with E-state index in [-0.39, 0.29) is 0 Å². The molecule has 0 aliphatic rings. The number of hydrogen-bond acceptors (Lipinski definition) is 2. The quantitative estimate of drug-likeness (QED) is 0.665. The third-order valence-corrected chi connectivity index (χ3v) is 4.54. The van der Waals surface area contributed by atoms with Gasteiger partial charge in [-0.25, -0.2) is 0 Å². The molecule has 1 heterocycles. The number of hydrogen-bond donors (Lipinski definition) is 0. The van der Waals surface area contributed by atoms with E-state index in [0.29, 0.717) is 0 Å². The molecule has 100 valence electrons. The van der Waals surface area contributed by atoms with Gasteiger partial charge in [-0.3, -0.25) is 0 Å². The Labute approximate surface area is 131 Å². The highest BCUT2D eigenvalue weighted by Crippen LogP contribution is 2.31. The lowest BCUT2D eigenvalue weighted by molar-refractivity contribution is 0.415. The maximum Gasteiger partial charge on any atom is 0.141 e. The van der Waals surface area contributed by atoms with Crippen LogP contribution in [-0.4, -0.2) is 7.11 Å². The number of methoxy groups -OCH3 is 1. The maximum atomic E-state index is 6.18. The highest BCUT2D eigenvalue weighted by Gasteiger charge is 2.13. The smallest absolute Gasteiger partial charge is 0.141 e. The van der Waals surface area contributed by atoms with Crippen LogP contribution in [0.5, 0.6) is 5.75 Å². The van der Waals surface area contributed by atoms with Crippen LogP contribution in [-0.2, 0) is 6.42 Å². The molecule has 0 N–H and O–H groups in total. The van der Waals surface area contributed by atoms with Crippen LogP contribution in [0.3, 0.4) is 0 Å². The molecule has 0 aliphatic heterocycles. The van der Waals surface area contributed by atoms with Gasteiger partial charge in [0.15, 0.2) is 0 Å². The molecule has 2 rings (SSSR count). The molecule has 0 saturated carbocycles. The first-order valence-corrected chi connectivity index (χ1v) is 7.40. The highest BCUT2D eigenvalue weighted by molar-refractivity contribution is 14.1. The summed E-state index contributed by atoms with van der Waals surface area (Å²) in [6.45, 7) is 2.03. The van der Waals surface area contributed by atoms with Crippen LogP contribution in [0, 0.1) is 3.57 Å². The average molecular weight is 389 g/mol. The van der Waals surface area contributed by atoms with E-state index in [0.717, 1.165) is 37.8 Å². The van der Waals surface area contributed by atoms with Gasteiger partial charge in [0.25, 0.3) is 0 Å². The van der Waals surface area contributed by atoms with Crippen LogP contribution in [0.2, 0.25) is 5.02 Å². The summed E-state index contributed by atoms with van der Waals surface area (Å²) >= 11 is 8.39. The Hall–Kier alpha value is -0.940. The second-order valence-corrected chi connectivity index (χ2v) is 5.43. The molecule has 0 atom stereocenters. The Morgan fingerprint density at radius 3 is 2.47 bits per heavy atom. The van der Waals surface area contributed by atoms with E-state index in [9.17, 15) is 0 Å². The van der Waals surface area contributed by atoms with Gasteiger partial charge in [0.2, 0.25) is 0 Å².